The van der Waals surface area contributed by atoms with Crippen LogP contribution in [0.5, 0.6) is 0 Å². The van der Waals surface area contributed by atoms with Gasteiger partial charge in [0.1, 0.15) is 0 Å². The number of nitrogens with zero attached hydrogens (tertiary/aromatic N) is 1. The minimum Gasteiger partial charge on any atom is -0.324 e. The molecule has 120 valence electrons. The number of fused-ring (bicyclic) bond motifs is 1. The maximum Gasteiger partial charge on any atom is 0.193 e. The van der Waals surface area contributed by atoms with E-state index in [2.05, 4.69) is 4.98 Å². The topological polar surface area (TPSA) is 56.0 Å². The summed E-state index contributed by atoms with van der Waals surface area (Å²) in [7, 11) is 0. The van der Waals surface area contributed by atoms with Crippen molar-refractivity contribution in [2.24, 2.45) is 5.73 Å². The lowest BCUT2D eigenvalue weighted by molar-refractivity contribution is 0.104. The van der Waals surface area contributed by atoms with Crippen LogP contribution in [0.1, 0.15) is 34.5 Å². The lowest BCUT2D eigenvalue weighted by Gasteiger charge is -2.08. The highest BCUT2D eigenvalue weighted by Gasteiger charge is 2.12. The SMILES string of the molecule is CC(N)c1ccc(C(=O)c2cccc3cnccc23)cc1.Cl.Cl. The first-order chi connectivity index (χ1) is 10.2. The zero-order chi connectivity index (χ0) is 14.8. The van der Waals surface area contributed by atoms with Crippen LogP contribution < -0.4 is 5.73 Å². The lowest BCUT2D eigenvalue weighted by atomic mass is 9.97. The Morgan fingerprint density at radius 3 is 2.39 bits per heavy atom. The number of aromatic nitrogens is 1. The van der Waals surface area contributed by atoms with Crippen LogP contribution in [0.25, 0.3) is 10.8 Å². The van der Waals surface area contributed by atoms with Crippen LogP contribution in [-0.4, -0.2) is 10.8 Å². The van der Waals surface area contributed by atoms with E-state index in [4.69, 9.17) is 5.73 Å². The number of pyridine rings is 1. The first-order valence-electron chi connectivity index (χ1n) is 6.90. The Hall–Kier alpha value is -1.94. The number of rotatable bonds is 3. The number of halogens is 2. The van der Waals surface area contributed by atoms with E-state index in [-0.39, 0.29) is 36.6 Å². The molecule has 1 aromatic heterocycles. The molecule has 3 aromatic rings. The molecule has 0 bridgehead atoms. The zero-order valence-corrected chi connectivity index (χ0v) is 14.2. The molecule has 2 aromatic carbocycles. The first kappa shape index (κ1) is 19.1. The summed E-state index contributed by atoms with van der Waals surface area (Å²) in [5.74, 6) is 0.0167. The zero-order valence-electron chi connectivity index (χ0n) is 12.6. The fraction of sp³-hybridized carbons (Fsp3) is 0.111. The molecule has 0 amide bonds. The van der Waals surface area contributed by atoms with Gasteiger partial charge >= 0.3 is 0 Å². The summed E-state index contributed by atoms with van der Waals surface area (Å²) in [5, 5.41) is 1.89. The van der Waals surface area contributed by atoms with Gasteiger partial charge in [0.25, 0.3) is 0 Å². The van der Waals surface area contributed by atoms with Gasteiger partial charge in [-0.25, -0.2) is 0 Å². The molecule has 0 saturated carbocycles. The van der Waals surface area contributed by atoms with Gasteiger partial charge in [-0.1, -0.05) is 42.5 Å². The van der Waals surface area contributed by atoms with Gasteiger partial charge < -0.3 is 5.73 Å². The standard InChI is InChI=1S/C18H16N2O.2ClH/c1-12(19)13-5-7-14(8-6-13)18(21)17-4-2-3-15-11-20-10-9-16(15)17;;/h2-12H,19H2,1H3;2*1H. The van der Waals surface area contributed by atoms with Crippen molar-refractivity contribution >= 4 is 41.4 Å². The van der Waals surface area contributed by atoms with Gasteiger partial charge in [0.15, 0.2) is 5.78 Å². The largest absolute Gasteiger partial charge is 0.324 e. The van der Waals surface area contributed by atoms with E-state index in [9.17, 15) is 4.79 Å². The smallest absolute Gasteiger partial charge is 0.193 e. The van der Waals surface area contributed by atoms with Crippen LogP contribution in [0, 0.1) is 0 Å². The Morgan fingerprint density at radius 1 is 1.04 bits per heavy atom. The van der Waals surface area contributed by atoms with E-state index < -0.39 is 0 Å². The van der Waals surface area contributed by atoms with Crippen LogP contribution in [0.2, 0.25) is 0 Å². The third kappa shape index (κ3) is 3.88. The molecule has 0 fully saturated rings. The van der Waals surface area contributed by atoms with Gasteiger partial charge in [0.2, 0.25) is 0 Å². The van der Waals surface area contributed by atoms with Crippen molar-refractivity contribution in [2.45, 2.75) is 13.0 Å². The minimum absolute atomic E-state index is 0. The summed E-state index contributed by atoms with van der Waals surface area (Å²) in [6, 6.07) is 15.0. The second kappa shape index (κ2) is 8.06. The summed E-state index contributed by atoms with van der Waals surface area (Å²) in [6.07, 6.45) is 3.48. The maximum atomic E-state index is 12.7. The molecule has 0 radical (unpaired) electrons. The molecule has 5 heteroatoms. The van der Waals surface area contributed by atoms with Gasteiger partial charge in [0, 0.05) is 34.9 Å². The molecule has 2 N–H and O–H groups in total. The van der Waals surface area contributed by atoms with Crippen molar-refractivity contribution < 1.29 is 4.79 Å². The third-order valence-electron chi connectivity index (χ3n) is 3.62. The van der Waals surface area contributed by atoms with E-state index in [1.54, 1.807) is 12.4 Å². The molecule has 1 atom stereocenters. The van der Waals surface area contributed by atoms with E-state index in [1.165, 1.54) is 0 Å². The highest BCUT2D eigenvalue weighted by Crippen LogP contribution is 2.21. The summed E-state index contributed by atoms with van der Waals surface area (Å²) in [5.41, 5.74) is 8.22. The molecule has 0 aliphatic heterocycles. The Bertz CT molecular complexity index is 796. The lowest BCUT2D eigenvalue weighted by Crippen LogP contribution is -2.06. The van der Waals surface area contributed by atoms with Crippen molar-refractivity contribution in [3.05, 3.63) is 77.6 Å². The van der Waals surface area contributed by atoms with Crippen molar-refractivity contribution in [1.29, 1.82) is 0 Å². The number of nitrogens with two attached hydrogens (primary N) is 1. The second-order valence-electron chi connectivity index (χ2n) is 5.14. The number of ketones is 1. The predicted molar refractivity (Wildman–Crippen MR) is 98.7 cm³/mol. The van der Waals surface area contributed by atoms with Gasteiger partial charge in [-0.3, -0.25) is 9.78 Å². The summed E-state index contributed by atoms with van der Waals surface area (Å²) in [6.45, 7) is 1.93. The van der Waals surface area contributed by atoms with E-state index >= 15 is 0 Å². The van der Waals surface area contributed by atoms with Crippen LogP contribution in [-0.2, 0) is 0 Å². The Balaban J connectivity index is 0.00000132. The first-order valence-corrected chi connectivity index (χ1v) is 6.90. The Morgan fingerprint density at radius 2 is 1.74 bits per heavy atom. The quantitative estimate of drug-likeness (QED) is 0.716. The second-order valence-corrected chi connectivity index (χ2v) is 5.14. The fourth-order valence-corrected chi connectivity index (χ4v) is 2.41. The minimum atomic E-state index is -0.0298. The van der Waals surface area contributed by atoms with Crippen LogP contribution in [0.15, 0.2) is 60.9 Å². The monoisotopic (exact) mass is 348 g/mol. The summed E-state index contributed by atoms with van der Waals surface area (Å²) >= 11 is 0. The van der Waals surface area contributed by atoms with Crippen molar-refractivity contribution in [2.75, 3.05) is 0 Å². The molecule has 1 unspecified atom stereocenters. The predicted octanol–water partition coefficient (Wildman–Crippen LogP) is 4.33. The molecule has 3 nitrogen and oxygen atoms in total. The normalized spacial score (nSPS) is 11.2. The van der Waals surface area contributed by atoms with Crippen LogP contribution >= 0.6 is 24.8 Å². The van der Waals surface area contributed by atoms with E-state index in [1.807, 2.05) is 55.5 Å². The van der Waals surface area contributed by atoms with Crippen molar-refractivity contribution in [1.82, 2.24) is 4.98 Å². The number of hydrogen-bond acceptors (Lipinski definition) is 3. The van der Waals surface area contributed by atoms with Crippen molar-refractivity contribution in [3.8, 4) is 0 Å². The Labute approximate surface area is 147 Å². The third-order valence-corrected chi connectivity index (χ3v) is 3.62. The molecule has 0 spiro atoms. The number of hydrogen-bond donors (Lipinski definition) is 1. The van der Waals surface area contributed by atoms with E-state index in [0.717, 1.165) is 16.3 Å². The highest BCUT2D eigenvalue weighted by atomic mass is 35.5. The van der Waals surface area contributed by atoms with E-state index in [0.29, 0.717) is 11.1 Å². The molecule has 1 heterocycles. The molecule has 0 aliphatic rings. The molecule has 0 aliphatic carbocycles. The fourth-order valence-electron chi connectivity index (χ4n) is 2.41. The summed E-state index contributed by atoms with van der Waals surface area (Å²) in [4.78, 5) is 16.8. The van der Waals surface area contributed by atoms with Gasteiger partial charge in [-0.05, 0) is 23.9 Å². The number of benzene rings is 2. The van der Waals surface area contributed by atoms with Crippen molar-refractivity contribution in [3.63, 3.8) is 0 Å². The maximum absolute atomic E-state index is 12.7. The number of carbonyl (C=O) groups is 1. The molecule has 3 rings (SSSR count). The highest BCUT2D eigenvalue weighted by molar-refractivity contribution is 6.16. The summed E-state index contributed by atoms with van der Waals surface area (Å²) < 4.78 is 0. The molecule has 23 heavy (non-hydrogen) atoms. The average Bonchev–Trinajstić information content (AvgIpc) is 2.53. The Kier molecular flexibility index (Phi) is 6.70. The number of carbonyl (C=O) groups excluding carboxylic acids is 1. The van der Waals surface area contributed by atoms with Gasteiger partial charge in [-0.2, -0.15) is 0 Å². The molecular weight excluding hydrogens is 331 g/mol. The van der Waals surface area contributed by atoms with Crippen LogP contribution in [0.3, 0.4) is 0 Å². The average molecular weight is 349 g/mol. The molecular formula is C18H18Cl2N2O. The van der Waals surface area contributed by atoms with Gasteiger partial charge in [-0.15, -0.1) is 24.8 Å². The van der Waals surface area contributed by atoms with Crippen LogP contribution in [0.4, 0.5) is 0 Å². The van der Waals surface area contributed by atoms with Gasteiger partial charge in [0.05, 0.1) is 0 Å². The molecule has 0 saturated heterocycles.